The van der Waals surface area contributed by atoms with Crippen molar-refractivity contribution in [2.24, 2.45) is 5.92 Å². The third kappa shape index (κ3) is 8.08. The Morgan fingerprint density at radius 3 is 2.36 bits per heavy atom. The lowest BCUT2D eigenvalue weighted by atomic mass is 9.81. The van der Waals surface area contributed by atoms with E-state index in [1.807, 2.05) is 37.3 Å². The van der Waals surface area contributed by atoms with Crippen molar-refractivity contribution >= 4 is 62.2 Å². The van der Waals surface area contributed by atoms with Gasteiger partial charge < -0.3 is 20.6 Å². The van der Waals surface area contributed by atoms with Crippen LogP contribution in [0.3, 0.4) is 0 Å². The summed E-state index contributed by atoms with van der Waals surface area (Å²) in [7, 11) is 2.24. The molecule has 8 rings (SSSR count). The van der Waals surface area contributed by atoms with E-state index in [9.17, 15) is 29.1 Å². The number of nitrogens with zero attached hydrogens (tertiary/aromatic N) is 4. The van der Waals surface area contributed by atoms with Gasteiger partial charge in [0, 0.05) is 53.6 Å². The minimum atomic E-state index is -1.18. The van der Waals surface area contributed by atoms with Crippen molar-refractivity contribution in [3.05, 3.63) is 81.6 Å². The number of carbonyl (C=O) groups excluding carboxylic acids is 5. The minimum absolute atomic E-state index is 0.143. The molecule has 13 heteroatoms. The van der Waals surface area contributed by atoms with Crippen molar-refractivity contribution < 1.29 is 29.1 Å². The monoisotopic (exact) mass is 804 g/mol. The van der Waals surface area contributed by atoms with Crippen LogP contribution < -0.4 is 10.6 Å². The number of aryl methyl sites for hydroxylation is 1. The van der Waals surface area contributed by atoms with Crippen molar-refractivity contribution in [1.29, 1.82) is 0 Å². The molecule has 12 nitrogen and oxygen atoms in total. The van der Waals surface area contributed by atoms with Gasteiger partial charge in [-0.1, -0.05) is 12.1 Å². The molecule has 1 unspecified atom stereocenters. The van der Waals surface area contributed by atoms with E-state index in [-0.39, 0.29) is 42.8 Å². The molecule has 2 aromatic heterocycles. The Bertz CT molecular complexity index is 2280. The average molecular weight is 805 g/mol. The van der Waals surface area contributed by atoms with Gasteiger partial charge in [-0.25, -0.2) is 9.97 Å². The molecule has 1 aliphatic heterocycles. The second-order valence-electron chi connectivity index (χ2n) is 17.3. The molecule has 3 saturated carbocycles. The van der Waals surface area contributed by atoms with Gasteiger partial charge in [0.25, 0.3) is 17.7 Å². The van der Waals surface area contributed by atoms with Gasteiger partial charge in [0.1, 0.15) is 11.5 Å². The zero-order valence-corrected chi connectivity index (χ0v) is 34.5. The first-order chi connectivity index (χ1) is 27.7. The van der Waals surface area contributed by atoms with Gasteiger partial charge in [0.15, 0.2) is 5.78 Å². The lowest BCUT2D eigenvalue weighted by Crippen LogP contribution is -2.47. The molecule has 3 aliphatic carbocycles. The maximum atomic E-state index is 13.6. The van der Waals surface area contributed by atoms with Crippen molar-refractivity contribution in [3.8, 4) is 0 Å². The van der Waals surface area contributed by atoms with Crippen LogP contribution in [0, 0.1) is 12.8 Å². The smallest absolute Gasteiger partial charge is 0.274 e. The number of rotatable bonds is 10. The lowest BCUT2D eigenvalue weighted by molar-refractivity contribution is -0.132. The van der Waals surface area contributed by atoms with E-state index >= 15 is 0 Å². The van der Waals surface area contributed by atoms with Gasteiger partial charge >= 0.3 is 0 Å². The zero-order valence-electron chi connectivity index (χ0n) is 33.7. The van der Waals surface area contributed by atoms with Crippen LogP contribution in [-0.2, 0) is 15.2 Å². The van der Waals surface area contributed by atoms with Crippen LogP contribution in [0.2, 0.25) is 0 Å². The number of carbonyl (C=O) groups is 5. The molecule has 3 heterocycles. The SMILES string of the molecule is Cc1cccc(C(=O)Nc2cc3sc(C4CCC(CN(C)C5CCC(Nc6cccc7c6C(=O)N(C6CCC(=O)CC6=O)C7=O)CC5)CC4)nc3cc2C(C)(C)O)n1. The van der Waals surface area contributed by atoms with Crippen LogP contribution in [0.15, 0.2) is 48.5 Å². The zero-order chi connectivity index (χ0) is 40.9. The van der Waals surface area contributed by atoms with Gasteiger partial charge in [-0.2, -0.15) is 0 Å². The summed E-state index contributed by atoms with van der Waals surface area (Å²) in [6.45, 7) is 6.33. The van der Waals surface area contributed by atoms with Crippen LogP contribution in [0.25, 0.3) is 10.2 Å². The average Bonchev–Trinajstić information content (AvgIpc) is 3.72. The van der Waals surface area contributed by atoms with Gasteiger partial charge in [0.2, 0.25) is 0 Å². The summed E-state index contributed by atoms with van der Waals surface area (Å²) < 4.78 is 0.982. The number of ketones is 2. The highest BCUT2D eigenvalue weighted by Gasteiger charge is 2.45. The molecular formula is C45H52N6O6S. The molecule has 4 aliphatic rings. The van der Waals surface area contributed by atoms with Gasteiger partial charge in [-0.3, -0.25) is 28.9 Å². The van der Waals surface area contributed by atoms with Crippen LogP contribution in [-0.4, -0.2) is 85.9 Å². The highest BCUT2D eigenvalue weighted by Crippen LogP contribution is 2.42. The number of nitrogens with one attached hydrogen (secondary N) is 2. The number of thiazole rings is 1. The summed E-state index contributed by atoms with van der Waals surface area (Å²) in [4.78, 5) is 77.5. The first-order valence-corrected chi connectivity index (χ1v) is 21.5. The Hall–Kier alpha value is -4.85. The quantitative estimate of drug-likeness (QED) is 0.109. The molecule has 1 atom stereocenters. The largest absolute Gasteiger partial charge is 0.386 e. The predicted molar refractivity (Wildman–Crippen MR) is 223 cm³/mol. The third-order valence-corrected chi connectivity index (χ3v) is 13.9. The summed E-state index contributed by atoms with van der Waals surface area (Å²) in [6, 6.07) is 14.2. The minimum Gasteiger partial charge on any atom is -0.386 e. The number of pyridine rings is 1. The number of imide groups is 1. The van der Waals surface area contributed by atoms with Gasteiger partial charge in [0.05, 0.1) is 44.4 Å². The van der Waals surface area contributed by atoms with Crippen LogP contribution in [0.5, 0.6) is 0 Å². The Morgan fingerprint density at radius 2 is 1.66 bits per heavy atom. The van der Waals surface area contributed by atoms with E-state index in [1.165, 1.54) is 0 Å². The molecule has 0 radical (unpaired) electrons. The predicted octanol–water partition coefficient (Wildman–Crippen LogP) is 7.40. The normalized spacial score (nSPS) is 24.1. The van der Waals surface area contributed by atoms with Crippen LogP contribution in [0.4, 0.5) is 11.4 Å². The van der Waals surface area contributed by atoms with Crippen molar-refractivity contribution in [2.75, 3.05) is 24.2 Å². The van der Waals surface area contributed by atoms with E-state index in [1.54, 1.807) is 43.4 Å². The molecule has 2 aromatic carbocycles. The summed E-state index contributed by atoms with van der Waals surface area (Å²) in [6.07, 6.45) is 8.53. The highest BCUT2D eigenvalue weighted by molar-refractivity contribution is 7.18. The van der Waals surface area contributed by atoms with Crippen molar-refractivity contribution in [3.63, 3.8) is 0 Å². The van der Waals surface area contributed by atoms with E-state index in [4.69, 9.17) is 4.98 Å². The Balaban J connectivity index is 0.842. The fraction of sp³-hybridized carbons (Fsp3) is 0.489. The Labute approximate surface area is 342 Å². The Kier molecular flexibility index (Phi) is 11.1. The number of hydrogen-bond donors (Lipinski definition) is 3. The van der Waals surface area contributed by atoms with E-state index in [0.29, 0.717) is 51.6 Å². The molecule has 0 bridgehead atoms. The van der Waals surface area contributed by atoms with Crippen LogP contribution in [0.1, 0.15) is 138 Å². The van der Waals surface area contributed by atoms with Crippen molar-refractivity contribution in [1.82, 2.24) is 19.8 Å². The second kappa shape index (κ2) is 16.1. The molecule has 3 fully saturated rings. The summed E-state index contributed by atoms with van der Waals surface area (Å²) in [5, 5.41) is 18.7. The molecule has 58 heavy (non-hydrogen) atoms. The molecule has 3 N–H and O–H groups in total. The van der Waals surface area contributed by atoms with E-state index in [2.05, 4.69) is 27.6 Å². The second-order valence-corrected chi connectivity index (χ2v) is 18.4. The van der Waals surface area contributed by atoms with Crippen LogP contribution >= 0.6 is 11.3 Å². The Morgan fingerprint density at radius 1 is 0.914 bits per heavy atom. The first-order valence-electron chi connectivity index (χ1n) is 20.7. The maximum Gasteiger partial charge on any atom is 0.274 e. The number of aliphatic hydroxyl groups is 1. The number of aromatic nitrogens is 2. The van der Waals surface area contributed by atoms with Crippen molar-refractivity contribution in [2.45, 2.75) is 121 Å². The fourth-order valence-electron chi connectivity index (χ4n) is 9.50. The summed E-state index contributed by atoms with van der Waals surface area (Å²) in [5.74, 6) is -0.739. The number of benzene rings is 2. The molecule has 3 amide bonds. The lowest BCUT2D eigenvalue weighted by Gasteiger charge is -2.38. The molecule has 304 valence electrons. The standard InChI is InChI=1S/C45H52N6O6S/c1-25-7-5-10-34(46-25)41(54)48-35-23-39-36(22-32(35)45(2,3)57)49-42(58-39)27-13-11-26(12-14-27)24-50(4)29-17-15-28(16-18-29)47-33-9-6-8-31-40(33)44(56)51(43(31)55)37-20-19-30(52)21-38(37)53/h5-10,22-23,26-29,37,47,57H,11-21,24H2,1-4H3,(H,48,54). The summed E-state index contributed by atoms with van der Waals surface area (Å²) >= 11 is 1.68. The molecule has 0 saturated heterocycles. The van der Waals surface area contributed by atoms with E-state index < -0.39 is 23.5 Å². The number of fused-ring (bicyclic) bond motifs is 2. The maximum absolute atomic E-state index is 13.6. The number of hydrogen-bond acceptors (Lipinski definition) is 11. The highest BCUT2D eigenvalue weighted by atomic mass is 32.1. The number of Topliss-reactive ketones (excluding diaryl/α,β-unsaturated/α-hetero) is 2. The number of anilines is 2. The van der Waals surface area contributed by atoms with Gasteiger partial charge in [-0.15, -0.1) is 11.3 Å². The topological polar surface area (TPSA) is 162 Å². The fourth-order valence-corrected chi connectivity index (χ4v) is 10.7. The van der Waals surface area contributed by atoms with Gasteiger partial charge in [-0.05, 0) is 128 Å². The number of amides is 3. The molecule has 0 spiro atoms. The first kappa shape index (κ1) is 40.0. The van der Waals surface area contributed by atoms with E-state index in [0.717, 1.165) is 83.7 Å². The molecular weight excluding hydrogens is 753 g/mol. The molecule has 4 aromatic rings. The summed E-state index contributed by atoms with van der Waals surface area (Å²) in [5.41, 5.74) is 3.21. The third-order valence-electron chi connectivity index (χ3n) is 12.7.